The molecule has 2 rings (SSSR count). The first-order chi connectivity index (χ1) is 13.3. The molecule has 0 bridgehead atoms. The van der Waals surface area contributed by atoms with Gasteiger partial charge in [0.1, 0.15) is 0 Å². The quantitative estimate of drug-likeness (QED) is 0.741. The summed E-state index contributed by atoms with van der Waals surface area (Å²) in [7, 11) is 1.10. The van der Waals surface area contributed by atoms with Crippen molar-refractivity contribution in [2.24, 2.45) is 0 Å². The number of benzene rings is 2. The lowest BCUT2D eigenvalue weighted by Gasteiger charge is -2.14. The molecular formula is C19H17ClN2O6. The zero-order valence-corrected chi connectivity index (χ0v) is 15.8. The SMILES string of the molecule is COC(=O)NC(=O)[C@@H](C)OC(=O)c1ccccc1NC(=O)c1ccc(Cl)cc1. The number of methoxy groups -OCH3 is 1. The maximum absolute atomic E-state index is 12.4. The molecule has 3 amide bonds. The largest absolute Gasteiger partial charge is 0.453 e. The Balaban J connectivity index is 2.11. The van der Waals surface area contributed by atoms with Gasteiger partial charge in [0.25, 0.3) is 11.8 Å². The second-order valence-corrected chi connectivity index (χ2v) is 5.97. The van der Waals surface area contributed by atoms with Gasteiger partial charge >= 0.3 is 12.1 Å². The van der Waals surface area contributed by atoms with Gasteiger partial charge in [-0.1, -0.05) is 23.7 Å². The van der Waals surface area contributed by atoms with Crippen LogP contribution in [0.25, 0.3) is 0 Å². The Labute approximate surface area is 165 Å². The monoisotopic (exact) mass is 404 g/mol. The average molecular weight is 405 g/mol. The van der Waals surface area contributed by atoms with Gasteiger partial charge in [0.05, 0.1) is 18.4 Å². The predicted octanol–water partition coefficient (Wildman–Crippen LogP) is 3.02. The highest BCUT2D eigenvalue weighted by atomic mass is 35.5. The Morgan fingerprint density at radius 1 is 1.00 bits per heavy atom. The molecule has 2 N–H and O–H groups in total. The van der Waals surface area contributed by atoms with E-state index in [-0.39, 0.29) is 11.3 Å². The van der Waals surface area contributed by atoms with Crippen LogP contribution in [0.2, 0.25) is 5.02 Å². The molecule has 0 aliphatic rings. The minimum Gasteiger partial charge on any atom is -0.453 e. The zero-order valence-electron chi connectivity index (χ0n) is 15.0. The van der Waals surface area contributed by atoms with Crippen molar-refractivity contribution in [1.82, 2.24) is 5.32 Å². The Morgan fingerprint density at radius 2 is 1.64 bits per heavy atom. The number of ether oxygens (including phenoxy) is 2. The van der Waals surface area contributed by atoms with Gasteiger partial charge in [-0.25, -0.2) is 9.59 Å². The number of rotatable bonds is 5. The molecule has 9 heteroatoms. The van der Waals surface area contributed by atoms with Crippen molar-refractivity contribution in [1.29, 1.82) is 0 Å². The number of hydrogen-bond donors (Lipinski definition) is 2. The predicted molar refractivity (Wildman–Crippen MR) is 101 cm³/mol. The fraction of sp³-hybridized carbons (Fsp3) is 0.158. The third-order valence-electron chi connectivity index (χ3n) is 3.57. The summed E-state index contributed by atoms with van der Waals surface area (Å²) >= 11 is 5.80. The van der Waals surface area contributed by atoms with Crippen LogP contribution in [-0.4, -0.2) is 37.1 Å². The minimum atomic E-state index is -1.26. The van der Waals surface area contributed by atoms with Crippen molar-refractivity contribution in [2.75, 3.05) is 12.4 Å². The van der Waals surface area contributed by atoms with Crippen LogP contribution in [0.5, 0.6) is 0 Å². The molecule has 0 fully saturated rings. The first kappa shape index (κ1) is 20.9. The molecule has 146 valence electrons. The maximum atomic E-state index is 12.4. The van der Waals surface area contributed by atoms with Crippen molar-refractivity contribution in [3.63, 3.8) is 0 Å². The molecule has 0 radical (unpaired) electrons. The zero-order chi connectivity index (χ0) is 20.7. The van der Waals surface area contributed by atoms with Crippen LogP contribution in [-0.2, 0) is 14.3 Å². The van der Waals surface area contributed by atoms with E-state index in [0.29, 0.717) is 10.6 Å². The lowest BCUT2D eigenvalue weighted by atomic mass is 10.1. The van der Waals surface area contributed by atoms with Gasteiger partial charge in [0.2, 0.25) is 0 Å². The van der Waals surface area contributed by atoms with Crippen LogP contribution < -0.4 is 10.6 Å². The van der Waals surface area contributed by atoms with Gasteiger partial charge in [0.15, 0.2) is 6.10 Å². The number of hydrogen-bond acceptors (Lipinski definition) is 6. The first-order valence-corrected chi connectivity index (χ1v) is 8.45. The third-order valence-corrected chi connectivity index (χ3v) is 3.82. The van der Waals surface area contributed by atoms with Crippen LogP contribution in [0.15, 0.2) is 48.5 Å². The number of carbonyl (C=O) groups excluding carboxylic acids is 4. The van der Waals surface area contributed by atoms with E-state index in [1.54, 1.807) is 24.3 Å². The lowest BCUT2D eigenvalue weighted by Crippen LogP contribution is -2.39. The second-order valence-electron chi connectivity index (χ2n) is 5.53. The van der Waals surface area contributed by atoms with Crippen molar-refractivity contribution in [3.8, 4) is 0 Å². The van der Waals surface area contributed by atoms with Crippen molar-refractivity contribution in [2.45, 2.75) is 13.0 Å². The Bertz CT molecular complexity index is 898. The van der Waals surface area contributed by atoms with Crippen LogP contribution in [0.3, 0.4) is 0 Å². The van der Waals surface area contributed by atoms with E-state index in [4.69, 9.17) is 16.3 Å². The van der Waals surface area contributed by atoms with E-state index in [0.717, 1.165) is 7.11 Å². The number of esters is 1. The summed E-state index contributed by atoms with van der Waals surface area (Å²) in [6, 6.07) is 12.4. The molecule has 0 spiro atoms. The Hall–Kier alpha value is -3.39. The normalized spacial score (nSPS) is 11.1. The van der Waals surface area contributed by atoms with Crippen molar-refractivity contribution < 1.29 is 28.7 Å². The van der Waals surface area contributed by atoms with Crippen LogP contribution in [0.1, 0.15) is 27.6 Å². The van der Waals surface area contributed by atoms with E-state index >= 15 is 0 Å². The molecule has 8 nitrogen and oxygen atoms in total. The molecule has 0 heterocycles. The number of para-hydroxylation sites is 1. The lowest BCUT2D eigenvalue weighted by molar-refractivity contribution is -0.128. The molecule has 0 aliphatic heterocycles. The topological polar surface area (TPSA) is 111 Å². The molecule has 0 unspecified atom stereocenters. The highest BCUT2D eigenvalue weighted by Gasteiger charge is 2.23. The van der Waals surface area contributed by atoms with Gasteiger partial charge in [-0.15, -0.1) is 0 Å². The van der Waals surface area contributed by atoms with E-state index in [2.05, 4.69) is 10.1 Å². The molecule has 0 aliphatic carbocycles. The van der Waals surface area contributed by atoms with Crippen molar-refractivity contribution >= 4 is 41.2 Å². The average Bonchev–Trinajstić information content (AvgIpc) is 2.68. The van der Waals surface area contributed by atoms with Crippen LogP contribution in [0, 0.1) is 0 Å². The maximum Gasteiger partial charge on any atom is 0.413 e. The van der Waals surface area contributed by atoms with Gasteiger partial charge < -0.3 is 14.8 Å². The number of alkyl carbamates (subject to hydrolysis) is 1. The molecule has 0 saturated heterocycles. The third kappa shape index (κ3) is 5.55. The number of nitrogens with one attached hydrogen (secondary N) is 2. The van der Waals surface area contributed by atoms with E-state index < -0.39 is 30.0 Å². The molecule has 1 atom stereocenters. The Kier molecular flexibility index (Phi) is 7.11. The molecule has 0 saturated carbocycles. The molecular weight excluding hydrogens is 388 g/mol. The number of carbonyl (C=O) groups is 4. The summed E-state index contributed by atoms with van der Waals surface area (Å²) in [5, 5.41) is 5.00. The fourth-order valence-electron chi connectivity index (χ4n) is 2.10. The standard InChI is InChI=1S/C19H17ClN2O6/c1-11(16(23)22-19(26)27-2)28-18(25)14-5-3-4-6-15(14)21-17(24)12-7-9-13(20)10-8-12/h3-11H,1-2H3,(H,21,24)(H,22,23,26)/t11-/m1/s1. The fourth-order valence-corrected chi connectivity index (χ4v) is 2.22. The number of imide groups is 1. The van der Waals surface area contributed by atoms with Gasteiger partial charge in [0, 0.05) is 10.6 Å². The highest BCUT2D eigenvalue weighted by Crippen LogP contribution is 2.19. The minimum absolute atomic E-state index is 0.0440. The van der Waals surface area contributed by atoms with Gasteiger partial charge in [-0.3, -0.25) is 14.9 Å². The Morgan fingerprint density at radius 3 is 2.29 bits per heavy atom. The summed E-state index contributed by atoms with van der Waals surface area (Å²) in [4.78, 5) is 47.6. The van der Waals surface area contributed by atoms with Gasteiger partial charge in [-0.2, -0.15) is 0 Å². The number of halogens is 1. The smallest absolute Gasteiger partial charge is 0.413 e. The highest BCUT2D eigenvalue weighted by molar-refractivity contribution is 6.30. The summed E-state index contributed by atoms with van der Waals surface area (Å²) in [6.45, 7) is 1.30. The summed E-state index contributed by atoms with van der Waals surface area (Å²) < 4.78 is 9.37. The van der Waals surface area contributed by atoms with E-state index in [1.807, 2.05) is 5.32 Å². The molecule has 2 aromatic rings. The van der Waals surface area contributed by atoms with Crippen LogP contribution in [0.4, 0.5) is 10.5 Å². The summed E-state index contributed by atoms with van der Waals surface area (Å²) in [5.41, 5.74) is 0.592. The van der Waals surface area contributed by atoms with Crippen LogP contribution >= 0.6 is 11.6 Å². The summed E-state index contributed by atoms with van der Waals surface area (Å²) in [6.07, 6.45) is -2.23. The molecule has 0 aromatic heterocycles. The summed E-state index contributed by atoms with van der Waals surface area (Å²) in [5.74, 6) is -2.14. The number of anilines is 1. The number of amides is 3. The molecule has 28 heavy (non-hydrogen) atoms. The van der Waals surface area contributed by atoms with Gasteiger partial charge in [-0.05, 0) is 43.3 Å². The second kappa shape index (κ2) is 9.52. The first-order valence-electron chi connectivity index (χ1n) is 8.07. The van der Waals surface area contributed by atoms with Crippen molar-refractivity contribution in [3.05, 3.63) is 64.7 Å². The van der Waals surface area contributed by atoms with E-state index in [9.17, 15) is 19.2 Å². The van der Waals surface area contributed by atoms with E-state index in [1.165, 1.54) is 31.2 Å². The molecule has 2 aromatic carbocycles.